The van der Waals surface area contributed by atoms with Crippen molar-refractivity contribution < 1.29 is 9.53 Å². The zero-order valence-electron chi connectivity index (χ0n) is 17.4. The van der Waals surface area contributed by atoms with Gasteiger partial charge in [-0.3, -0.25) is 4.79 Å². The number of rotatable bonds is 5. The summed E-state index contributed by atoms with van der Waals surface area (Å²) in [6.45, 7) is 8.43. The van der Waals surface area contributed by atoms with E-state index in [1.807, 2.05) is 43.3 Å². The van der Waals surface area contributed by atoms with E-state index >= 15 is 0 Å². The Labute approximate surface area is 171 Å². The van der Waals surface area contributed by atoms with Crippen LogP contribution in [0.5, 0.6) is 5.75 Å². The van der Waals surface area contributed by atoms with Gasteiger partial charge in [-0.2, -0.15) is 0 Å². The van der Waals surface area contributed by atoms with Crippen molar-refractivity contribution in [3.63, 3.8) is 0 Å². The summed E-state index contributed by atoms with van der Waals surface area (Å²) in [7, 11) is 1.57. The number of carbonyl (C=O) groups excluding carboxylic acids is 1. The Morgan fingerprint density at radius 1 is 1.00 bits per heavy atom. The van der Waals surface area contributed by atoms with Crippen molar-refractivity contribution in [1.82, 2.24) is 9.97 Å². The number of carbonyl (C=O) groups is 1. The molecule has 1 heterocycles. The molecule has 0 unspecified atom stereocenters. The summed E-state index contributed by atoms with van der Waals surface area (Å²) in [6, 6.07) is 13.7. The van der Waals surface area contributed by atoms with Crippen LogP contribution in [-0.2, 0) is 5.41 Å². The van der Waals surface area contributed by atoms with Gasteiger partial charge >= 0.3 is 0 Å². The van der Waals surface area contributed by atoms with Crippen LogP contribution in [0.25, 0.3) is 0 Å². The van der Waals surface area contributed by atoms with Crippen molar-refractivity contribution in [3.8, 4) is 5.75 Å². The van der Waals surface area contributed by atoms with Crippen LogP contribution in [0.1, 0.15) is 42.4 Å². The van der Waals surface area contributed by atoms with E-state index in [1.54, 1.807) is 13.3 Å². The van der Waals surface area contributed by atoms with E-state index in [2.05, 4.69) is 47.4 Å². The Balaban J connectivity index is 1.76. The van der Waals surface area contributed by atoms with Gasteiger partial charge < -0.3 is 15.4 Å². The molecule has 2 N–H and O–H groups in total. The summed E-state index contributed by atoms with van der Waals surface area (Å²) in [4.78, 5) is 21.2. The highest BCUT2D eigenvalue weighted by atomic mass is 16.5. The molecule has 3 rings (SSSR count). The number of ether oxygens (including phenoxy) is 1. The molecule has 29 heavy (non-hydrogen) atoms. The summed E-state index contributed by atoms with van der Waals surface area (Å²) < 4.78 is 5.30. The number of aromatic nitrogens is 2. The third kappa shape index (κ3) is 4.90. The quantitative estimate of drug-likeness (QED) is 0.635. The van der Waals surface area contributed by atoms with Gasteiger partial charge in [-0.15, -0.1) is 0 Å². The molecule has 6 heteroatoms. The highest BCUT2D eigenvalue weighted by Gasteiger charge is 2.18. The van der Waals surface area contributed by atoms with Crippen LogP contribution in [0, 0.1) is 6.92 Å². The van der Waals surface area contributed by atoms with E-state index in [0.29, 0.717) is 17.3 Å². The van der Waals surface area contributed by atoms with Gasteiger partial charge in [0.1, 0.15) is 17.3 Å². The maximum absolute atomic E-state index is 12.6. The fourth-order valence-corrected chi connectivity index (χ4v) is 3.00. The number of hydrogen-bond donors (Lipinski definition) is 2. The number of nitrogens with one attached hydrogen (secondary N) is 2. The first kappa shape index (κ1) is 20.3. The van der Waals surface area contributed by atoms with Crippen LogP contribution in [0.15, 0.2) is 54.9 Å². The lowest BCUT2D eigenvalue weighted by molar-refractivity contribution is 0.102. The summed E-state index contributed by atoms with van der Waals surface area (Å²) in [5, 5.41) is 6.13. The van der Waals surface area contributed by atoms with Gasteiger partial charge in [-0.25, -0.2) is 9.97 Å². The number of benzene rings is 2. The maximum atomic E-state index is 12.6. The molecular weight excluding hydrogens is 364 g/mol. The lowest BCUT2D eigenvalue weighted by atomic mass is 9.86. The number of nitrogens with zero attached hydrogens (tertiary/aromatic N) is 2. The van der Waals surface area contributed by atoms with E-state index in [-0.39, 0.29) is 17.0 Å². The van der Waals surface area contributed by atoms with Gasteiger partial charge in [0.25, 0.3) is 5.91 Å². The third-order valence-electron chi connectivity index (χ3n) is 4.49. The van der Waals surface area contributed by atoms with Crippen LogP contribution in [0.2, 0.25) is 0 Å². The van der Waals surface area contributed by atoms with Gasteiger partial charge in [0.15, 0.2) is 0 Å². The van der Waals surface area contributed by atoms with Crippen molar-refractivity contribution in [2.24, 2.45) is 0 Å². The van der Waals surface area contributed by atoms with E-state index in [1.165, 1.54) is 11.8 Å². The molecule has 0 spiro atoms. The molecule has 0 saturated heterocycles. The first-order valence-electron chi connectivity index (χ1n) is 9.42. The molecule has 0 aliphatic heterocycles. The zero-order valence-corrected chi connectivity index (χ0v) is 17.4. The predicted molar refractivity (Wildman–Crippen MR) is 116 cm³/mol. The molecule has 0 aliphatic rings. The number of amides is 1. The Bertz CT molecular complexity index is 1010. The van der Waals surface area contributed by atoms with Crippen molar-refractivity contribution in [2.75, 3.05) is 17.7 Å². The number of anilines is 3. The van der Waals surface area contributed by atoms with Crippen LogP contribution in [0.4, 0.5) is 17.2 Å². The van der Waals surface area contributed by atoms with E-state index < -0.39 is 0 Å². The number of para-hydroxylation sites is 1. The monoisotopic (exact) mass is 390 g/mol. The number of methoxy groups -OCH3 is 1. The van der Waals surface area contributed by atoms with Gasteiger partial charge in [-0.1, -0.05) is 45.0 Å². The molecule has 3 aromatic rings. The van der Waals surface area contributed by atoms with Gasteiger partial charge in [0.05, 0.1) is 25.2 Å². The second-order valence-corrected chi connectivity index (χ2v) is 7.87. The second-order valence-electron chi connectivity index (χ2n) is 7.87. The third-order valence-corrected chi connectivity index (χ3v) is 4.49. The normalized spacial score (nSPS) is 11.1. The van der Waals surface area contributed by atoms with Crippen LogP contribution in [0.3, 0.4) is 0 Å². The fraction of sp³-hybridized carbons (Fsp3) is 0.261. The minimum atomic E-state index is -0.344. The van der Waals surface area contributed by atoms with Crippen molar-refractivity contribution in [1.29, 1.82) is 0 Å². The minimum absolute atomic E-state index is 0.0102. The largest absolute Gasteiger partial charge is 0.495 e. The Kier molecular flexibility index (Phi) is 5.82. The van der Waals surface area contributed by atoms with Gasteiger partial charge in [0.2, 0.25) is 0 Å². The Morgan fingerprint density at radius 3 is 2.41 bits per heavy atom. The molecule has 0 fully saturated rings. The van der Waals surface area contributed by atoms with Crippen LogP contribution < -0.4 is 15.4 Å². The predicted octanol–water partition coefficient (Wildman–Crippen LogP) is 5.09. The van der Waals surface area contributed by atoms with Crippen molar-refractivity contribution in [3.05, 3.63) is 71.7 Å². The number of hydrogen-bond acceptors (Lipinski definition) is 5. The summed E-state index contributed by atoms with van der Waals surface area (Å²) in [5.41, 5.74) is 3.98. The molecule has 1 aromatic heterocycles. The SMILES string of the molecule is COc1ccc(C)cc1NC(=O)c1cnc(Nc2ccccc2C(C)(C)C)cn1. The molecule has 0 radical (unpaired) electrons. The maximum Gasteiger partial charge on any atom is 0.275 e. The van der Waals surface area contributed by atoms with E-state index in [9.17, 15) is 4.79 Å². The molecule has 0 aliphatic carbocycles. The summed E-state index contributed by atoms with van der Waals surface area (Å²) in [5.74, 6) is 0.823. The highest BCUT2D eigenvalue weighted by Crippen LogP contribution is 2.30. The Morgan fingerprint density at radius 2 is 1.76 bits per heavy atom. The molecule has 150 valence electrons. The molecule has 0 atom stereocenters. The average Bonchev–Trinajstić information content (AvgIpc) is 2.68. The fourth-order valence-electron chi connectivity index (χ4n) is 3.00. The van der Waals surface area contributed by atoms with Crippen molar-refractivity contribution in [2.45, 2.75) is 33.1 Å². The number of aryl methyl sites for hydroxylation is 1. The van der Waals surface area contributed by atoms with Gasteiger partial charge in [0, 0.05) is 5.69 Å². The highest BCUT2D eigenvalue weighted by molar-refractivity contribution is 6.03. The first-order valence-corrected chi connectivity index (χ1v) is 9.42. The summed E-state index contributed by atoms with van der Waals surface area (Å²) in [6.07, 6.45) is 3.02. The van der Waals surface area contributed by atoms with Crippen LogP contribution in [-0.4, -0.2) is 23.0 Å². The lowest BCUT2D eigenvalue weighted by Gasteiger charge is -2.23. The first-order chi connectivity index (χ1) is 13.8. The molecule has 6 nitrogen and oxygen atoms in total. The lowest BCUT2D eigenvalue weighted by Crippen LogP contribution is -2.16. The van der Waals surface area contributed by atoms with Crippen LogP contribution >= 0.6 is 0 Å². The van der Waals surface area contributed by atoms with E-state index in [0.717, 1.165) is 11.3 Å². The standard InChI is InChI=1S/C23H26N4O2/c1-15-10-11-20(29-5)18(12-15)27-22(28)19-13-25-21(14-24-19)26-17-9-7-6-8-16(17)23(2,3)4/h6-14H,1-5H3,(H,25,26)(H,27,28). The molecule has 1 amide bonds. The zero-order chi connectivity index (χ0) is 21.0. The second kappa shape index (κ2) is 8.31. The molecular formula is C23H26N4O2. The van der Waals surface area contributed by atoms with Gasteiger partial charge in [-0.05, 0) is 41.7 Å². The summed E-state index contributed by atoms with van der Waals surface area (Å²) >= 11 is 0. The molecule has 0 saturated carbocycles. The molecule has 2 aromatic carbocycles. The average molecular weight is 390 g/mol. The topological polar surface area (TPSA) is 76.1 Å². The molecule has 0 bridgehead atoms. The smallest absolute Gasteiger partial charge is 0.275 e. The van der Waals surface area contributed by atoms with Crippen molar-refractivity contribution >= 4 is 23.1 Å². The Hall–Kier alpha value is -3.41. The van der Waals surface area contributed by atoms with E-state index in [4.69, 9.17) is 4.74 Å². The minimum Gasteiger partial charge on any atom is -0.495 e.